The number of nitrogens with zero attached hydrogens (tertiary/aromatic N) is 2. The van der Waals surface area contributed by atoms with Gasteiger partial charge in [0.25, 0.3) is 15.9 Å². The Kier molecular flexibility index (Phi) is 5.95. The molecule has 0 bridgehead atoms. The number of imidazole rings is 1. The van der Waals surface area contributed by atoms with Crippen LogP contribution in [0.4, 0.5) is 11.4 Å². The molecule has 1 heterocycles. The third kappa shape index (κ3) is 4.34. The molecule has 3 aromatic carbocycles. The second kappa shape index (κ2) is 8.71. The summed E-state index contributed by atoms with van der Waals surface area (Å²) in [7, 11) is -2.05. The summed E-state index contributed by atoms with van der Waals surface area (Å²) >= 11 is 0. The Morgan fingerprint density at radius 2 is 1.73 bits per heavy atom. The number of nitrogens with one attached hydrogen (secondary N) is 2. The van der Waals surface area contributed by atoms with Gasteiger partial charge in [-0.1, -0.05) is 37.3 Å². The van der Waals surface area contributed by atoms with Gasteiger partial charge in [-0.05, 0) is 61.2 Å². The standard InChI is InChI=1S/C25H26N4O3S/c1-5-18-12-13-19(27-25(30)20-10-7-11-21-24(20)29(4)15-26-21)14-22(18)33(31,32)28-23-16(2)8-6-9-17(23)3/h6-15,28H,5H2,1-4H3,(H,27,30). The predicted molar refractivity (Wildman–Crippen MR) is 131 cm³/mol. The molecule has 8 heteroatoms. The number of para-hydroxylation sites is 2. The van der Waals surface area contributed by atoms with E-state index in [1.54, 1.807) is 35.2 Å². The van der Waals surface area contributed by atoms with Gasteiger partial charge in [0.2, 0.25) is 0 Å². The summed E-state index contributed by atoms with van der Waals surface area (Å²) in [5, 5.41) is 2.85. The Balaban J connectivity index is 1.69. The lowest BCUT2D eigenvalue weighted by Crippen LogP contribution is -2.18. The van der Waals surface area contributed by atoms with E-state index < -0.39 is 10.0 Å². The molecule has 1 aromatic heterocycles. The topological polar surface area (TPSA) is 93.1 Å². The molecule has 7 nitrogen and oxygen atoms in total. The summed E-state index contributed by atoms with van der Waals surface area (Å²) in [4.78, 5) is 17.5. The molecular formula is C25H26N4O3S. The van der Waals surface area contributed by atoms with Gasteiger partial charge in [0.15, 0.2) is 0 Å². The van der Waals surface area contributed by atoms with Crippen molar-refractivity contribution in [3.63, 3.8) is 0 Å². The molecule has 0 saturated carbocycles. The zero-order valence-corrected chi connectivity index (χ0v) is 19.8. The number of carbonyl (C=O) groups is 1. The fourth-order valence-corrected chi connectivity index (χ4v) is 5.47. The van der Waals surface area contributed by atoms with Crippen molar-refractivity contribution in [2.75, 3.05) is 10.0 Å². The van der Waals surface area contributed by atoms with Gasteiger partial charge in [0, 0.05) is 12.7 Å². The van der Waals surface area contributed by atoms with E-state index in [-0.39, 0.29) is 10.8 Å². The minimum atomic E-state index is -3.87. The summed E-state index contributed by atoms with van der Waals surface area (Å²) in [5.74, 6) is -0.334. The molecule has 0 aliphatic rings. The van der Waals surface area contributed by atoms with E-state index in [0.717, 1.165) is 11.1 Å². The van der Waals surface area contributed by atoms with E-state index in [1.807, 2.05) is 52.1 Å². The number of benzene rings is 3. The Hall–Kier alpha value is -3.65. The average molecular weight is 463 g/mol. The number of hydrogen-bond donors (Lipinski definition) is 2. The normalized spacial score (nSPS) is 11.5. The van der Waals surface area contributed by atoms with Gasteiger partial charge in [0.1, 0.15) is 0 Å². The van der Waals surface area contributed by atoms with Crippen LogP contribution < -0.4 is 10.0 Å². The smallest absolute Gasteiger partial charge is 0.262 e. The molecule has 170 valence electrons. The van der Waals surface area contributed by atoms with Crippen LogP contribution in [-0.4, -0.2) is 23.9 Å². The number of aromatic nitrogens is 2. The van der Waals surface area contributed by atoms with Crippen LogP contribution in [0.2, 0.25) is 0 Å². The highest BCUT2D eigenvalue weighted by Crippen LogP contribution is 2.28. The second-order valence-corrected chi connectivity index (χ2v) is 9.68. The lowest BCUT2D eigenvalue weighted by molar-refractivity contribution is 0.102. The number of fused-ring (bicyclic) bond motifs is 1. The predicted octanol–water partition coefficient (Wildman–Crippen LogP) is 4.81. The monoisotopic (exact) mass is 462 g/mol. The Morgan fingerprint density at radius 3 is 2.42 bits per heavy atom. The molecule has 1 amide bonds. The molecule has 4 rings (SSSR count). The van der Waals surface area contributed by atoms with Crippen molar-refractivity contribution in [1.82, 2.24) is 9.55 Å². The van der Waals surface area contributed by atoms with Gasteiger partial charge < -0.3 is 9.88 Å². The lowest BCUT2D eigenvalue weighted by Gasteiger charge is -2.16. The van der Waals surface area contributed by atoms with Crippen molar-refractivity contribution < 1.29 is 13.2 Å². The molecule has 0 radical (unpaired) electrons. The number of sulfonamides is 1. The molecule has 33 heavy (non-hydrogen) atoms. The maximum absolute atomic E-state index is 13.3. The summed E-state index contributed by atoms with van der Waals surface area (Å²) in [6, 6.07) is 15.9. The number of carbonyl (C=O) groups excluding carboxylic acids is 1. The molecule has 0 spiro atoms. The highest BCUT2D eigenvalue weighted by molar-refractivity contribution is 7.92. The highest BCUT2D eigenvalue weighted by atomic mass is 32.2. The van der Waals surface area contributed by atoms with E-state index in [0.29, 0.717) is 40.0 Å². The second-order valence-electron chi connectivity index (χ2n) is 8.03. The van der Waals surface area contributed by atoms with Crippen molar-refractivity contribution in [3.05, 3.63) is 83.2 Å². The van der Waals surface area contributed by atoms with Crippen molar-refractivity contribution in [3.8, 4) is 0 Å². The molecule has 0 saturated heterocycles. The van der Waals surface area contributed by atoms with Crippen molar-refractivity contribution in [2.45, 2.75) is 32.1 Å². The third-order valence-corrected chi connectivity index (χ3v) is 7.13. The van der Waals surface area contributed by atoms with Gasteiger partial charge in [-0.2, -0.15) is 0 Å². The maximum atomic E-state index is 13.3. The highest BCUT2D eigenvalue weighted by Gasteiger charge is 2.21. The quantitative estimate of drug-likeness (QED) is 0.430. The summed E-state index contributed by atoms with van der Waals surface area (Å²) in [6.07, 6.45) is 2.19. The maximum Gasteiger partial charge on any atom is 0.262 e. The van der Waals surface area contributed by atoms with Crippen molar-refractivity contribution in [2.24, 2.45) is 7.05 Å². The van der Waals surface area contributed by atoms with Crippen LogP contribution in [-0.2, 0) is 23.5 Å². The molecule has 0 aliphatic heterocycles. The van der Waals surface area contributed by atoms with E-state index in [4.69, 9.17) is 0 Å². The first kappa shape index (κ1) is 22.5. The summed E-state index contributed by atoms with van der Waals surface area (Å²) < 4.78 is 31.2. The number of anilines is 2. The van der Waals surface area contributed by atoms with Crippen LogP contribution >= 0.6 is 0 Å². The van der Waals surface area contributed by atoms with Gasteiger partial charge in [-0.25, -0.2) is 13.4 Å². The van der Waals surface area contributed by atoms with E-state index >= 15 is 0 Å². The molecule has 0 unspecified atom stereocenters. The van der Waals surface area contributed by atoms with Gasteiger partial charge in [-0.3, -0.25) is 9.52 Å². The molecular weight excluding hydrogens is 436 g/mol. The van der Waals surface area contributed by atoms with Crippen LogP contribution in [0.5, 0.6) is 0 Å². The van der Waals surface area contributed by atoms with Crippen molar-refractivity contribution in [1.29, 1.82) is 0 Å². The van der Waals surface area contributed by atoms with E-state index in [2.05, 4.69) is 15.0 Å². The first-order valence-corrected chi connectivity index (χ1v) is 12.1. The van der Waals surface area contributed by atoms with Crippen LogP contribution in [0, 0.1) is 13.8 Å². The average Bonchev–Trinajstić information content (AvgIpc) is 3.17. The first-order valence-electron chi connectivity index (χ1n) is 10.6. The number of rotatable bonds is 6. The minimum absolute atomic E-state index is 0.143. The van der Waals surface area contributed by atoms with Gasteiger partial charge >= 0.3 is 0 Å². The molecule has 4 aromatic rings. The molecule has 2 N–H and O–H groups in total. The number of hydrogen-bond acceptors (Lipinski definition) is 4. The van der Waals surface area contributed by atoms with Crippen LogP contribution in [0.15, 0.2) is 65.8 Å². The molecule has 0 aliphatic carbocycles. The van der Waals surface area contributed by atoms with Crippen LogP contribution in [0.1, 0.15) is 34.0 Å². The fourth-order valence-electron chi connectivity index (χ4n) is 3.93. The summed E-state index contributed by atoms with van der Waals surface area (Å²) in [5.41, 5.74) is 5.20. The summed E-state index contributed by atoms with van der Waals surface area (Å²) in [6.45, 7) is 5.62. The fraction of sp³-hybridized carbons (Fsp3) is 0.200. The van der Waals surface area contributed by atoms with Gasteiger partial charge in [0.05, 0.1) is 33.5 Å². The zero-order chi connectivity index (χ0) is 23.8. The number of aryl methyl sites for hydroxylation is 4. The Morgan fingerprint density at radius 1 is 1.03 bits per heavy atom. The largest absolute Gasteiger partial charge is 0.333 e. The third-order valence-electron chi connectivity index (χ3n) is 5.70. The van der Waals surface area contributed by atoms with E-state index in [1.165, 1.54) is 6.07 Å². The lowest BCUT2D eigenvalue weighted by atomic mass is 10.1. The zero-order valence-electron chi connectivity index (χ0n) is 19.0. The SMILES string of the molecule is CCc1ccc(NC(=O)c2cccc3ncn(C)c23)cc1S(=O)(=O)Nc1c(C)cccc1C. The van der Waals surface area contributed by atoms with Crippen LogP contribution in [0.3, 0.4) is 0 Å². The van der Waals surface area contributed by atoms with Crippen LogP contribution in [0.25, 0.3) is 11.0 Å². The molecule has 0 atom stereocenters. The molecule has 0 fully saturated rings. The Bertz CT molecular complexity index is 1450. The van der Waals surface area contributed by atoms with Gasteiger partial charge in [-0.15, -0.1) is 0 Å². The van der Waals surface area contributed by atoms with E-state index in [9.17, 15) is 13.2 Å². The number of amides is 1. The van der Waals surface area contributed by atoms with Crippen molar-refractivity contribution >= 4 is 38.3 Å². The first-order chi connectivity index (χ1) is 15.7. The Labute approximate surface area is 193 Å². The minimum Gasteiger partial charge on any atom is -0.333 e.